The van der Waals surface area contributed by atoms with Gasteiger partial charge in [0.25, 0.3) is 0 Å². The molecule has 1 aromatic carbocycles. The van der Waals surface area contributed by atoms with Gasteiger partial charge in [-0.05, 0) is 55.7 Å². The molecule has 0 radical (unpaired) electrons. The van der Waals surface area contributed by atoms with Crippen LogP contribution in [0.3, 0.4) is 0 Å². The average Bonchev–Trinajstić information content (AvgIpc) is 2.54. The zero-order valence-electron chi connectivity index (χ0n) is 13.7. The lowest BCUT2D eigenvalue weighted by Crippen LogP contribution is -2.48. The highest BCUT2D eigenvalue weighted by molar-refractivity contribution is 7.91. The topological polar surface area (TPSA) is 89.3 Å². The van der Waals surface area contributed by atoms with Crippen LogP contribution >= 0.6 is 0 Å². The number of halogens is 2. The van der Waals surface area contributed by atoms with Crippen LogP contribution in [0.15, 0.2) is 29.2 Å². The number of benzene rings is 1. The standard InChI is InChI=1S/C17H22F2N2O3S/c18-17(19)25(23,24)14-6-2-5-13(9-14)21-16(22)12-7-10-3-1-4-11(8-12)15(10)20/h2,5-6,9-12,15,17H,1,3-4,7-8,20H2,(H,21,22). The van der Waals surface area contributed by atoms with Crippen LogP contribution in [0.5, 0.6) is 0 Å². The molecular weight excluding hydrogens is 350 g/mol. The summed E-state index contributed by atoms with van der Waals surface area (Å²) in [6, 6.07) is 5.17. The molecule has 2 aliphatic carbocycles. The van der Waals surface area contributed by atoms with Gasteiger partial charge in [-0.2, -0.15) is 8.78 Å². The summed E-state index contributed by atoms with van der Waals surface area (Å²) < 4.78 is 48.5. The van der Waals surface area contributed by atoms with Crippen LogP contribution in [-0.2, 0) is 14.6 Å². The van der Waals surface area contributed by atoms with Crippen molar-refractivity contribution < 1.29 is 22.0 Å². The maximum absolute atomic E-state index is 12.7. The van der Waals surface area contributed by atoms with Gasteiger partial charge in [-0.25, -0.2) is 8.42 Å². The van der Waals surface area contributed by atoms with Crippen molar-refractivity contribution in [3.05, 3.63) is 24.3 Å². The predicted molar refractivity (Wildman–Crippen MR) is 89.8 cm³/mol. The van der Waals surface area contributed by atoms with E-state index in [-0.39, 0.29) is 23.6 Å². The third kappa shape index (κ3) is 3.69. The molecule has 2 aliphatic rings. The molecule has 5 nitrogen and oxygen atoms in total. The van der Waals surface area contributed by atoms with E-state index in [0.29, 0.717) is 11.8 Å². The first-order chi connectivity index (χ1) is 11.8. The fourth-order valence-electron chi connectivity index (χ4n) is 4.10. The van der Waals surface area contributed by atoms with Gasteiger partial charge in [0.2, 0.25) is 15.7 Å². The summed E-state index contributed by atoms with van der Waals surface area (Å²) in [6.07, 6.45) is 4.65. The van der Waals surface area contributed by atoms with Crippen LogP contribution in [0.4, 0.5) is 14.5 Å². The van der Waals surface area contributed by atoms with Crippen LogP contribution in [-0.4, -0.2) is 26.1 Å². The fourth-order valence-corrected chi connectivity index (χ4v) is 4.87. The van der Waals surface area contributed by atoms with Gasteiger partial charge in [-0.1, -0.05) is 12.5 Å². The third-order valence-electron chi connectivity index (χ3n) is 5.45. The lowest BCUT2D eigenvalue weighted by molar-refractivity contribution is -0.122. The molecule has 0 spiro atoms. The number of anilines is 1. The fraction of sp³-hybridized carbons (Fsp3) is 0.588. The van der Waals surface area contributed by atoms with Gasteiger partial charge in [0.05, 0.1) is 4.90 Å². The Labute approximate surface area is 145 Å². The molecule has 0 aromatic heterocycles. The molecule has 3 rings (SSSR count). The Bertz CT molecular complexity index is 740. The number of alkyl halides is 2. The Hall–Kier alpha value is -1.54. The Morgan fingerprint density at radius 2 is 1.84 bits per heavy atom. The zero-order chi connectivity index (χ0) is 18.2. The molecule has 2 bridgehead atoms. The molecule has 2 unspecified atom stereocenters. The number of sulfone groups is 1. The number of hydrogen-bond acceptors (Lipinski definition) is 4. The molecular formula is C17H22F2N2O3S. The van der Waals surface area contributed by atoms with Crippen LogP contribution in [0.25, 0.3) is 0 Å². The van der Waals surface area contributed by atoms with Gasteiger partial charge in [0, 0.05) is 17.6 Å². The second-order valence-electron chi connectivity index (χ2n) is 7.02. The number of carbonyl (C=O) groups is 1. The SMILES string of the molecule is NC1C2CCCC1CC(C(=O)Nc1cccc(S(=O)(=O)C(F)F)c1)C2. The average molecular weight is 372 g/mol. The number of nitrogens with one attached hydrogen (secondary N) is 1. The number of nitrogens with two attached hydrogens (primary N) is 1. The number of fused-ring (bicyclic) bond motifs is 2. The summed E-state index contributed by atoms with van der Waals surface area (Å²) >= 11 is 0. The molecule has 2 saturated carbocycles. The lowest BCUT2D eigenvalue weighted by Gasteiger charge is -2.43. The van der Waals surface area contributed by atoms with E-state index in [2.05, 4.69) is 5.32 Å². The summed E-state index contributed by atoms with van der Waals surface area (Å²) in [6.45, 7) is 0. The Balaban J connectivity index is 1.72. The molecule has 2 fully saturated rings. The van der Waals surface area contributed by atoms with Crippen molar-refractivity contribution in [2.75, 3.05) is 5.32 Å². The molecule has 1 aromatic rings. The molecule has 3 N–H and O–H groups in total. The molecule has 0 saturated heterocycles. The van der Waals surface area contributed by atoms with Gasteiger partial charge >= 0.3 is 5.76 Å². The first kappa shape index (κ1) is 18.3. The van der Waals surface area contributed by atoms with E-state index in [0.717, 1.165) is 44.2 Å². The van der Waals surface area contributed by atoms with Gasteiger partial charge in [0.1, 0.15) is 0 Å². The van der Waals surface area contributed by atoms with E-state index in [1.54, 1.807) is 0 Å². The molecule has 2 atom stereocenters. The smallest absolute Gasteiger partial charge is 0.327 e. The third-order valence-corrected chi connectivity index (χ3v) is 6.83. The van der Waals surface area contributed by atoms with E-state index in [4.69, 9.17) is 5.73 Å². The van der Waals surface area contributed by atoms with E-state index < -0.39 is 20.5 Å². The molecule has 1 amide bonds. The Kier molecular flexibility index (Phi) is 5.11. The number of amides is 1. The van der Waals surface area contributed by atoms with Crippen molar-refractivity contribution in [2.45, 2.75) is 48.8 Å². The van der Waals surface area contributed by atoms with Crippen LogP contribution in [0.2, 0.25) is 0 Å². The maximum Gasteiger partial charge on any atom is 0.341 e. The molecule has 138 valence electrons. The van der Waals surface area contributed by atoms with Crippen LogP contribution in [0.1, 0.15) is 32.1 Å². The first-order valence-corrected chi connectivity index (χ1v) is 10.0. The number of hydrogen-bond donors (Lipinski definition) is 2. The highest BCUT2D eigenvalue weighted by atomic mass is 32.2. The summed E-state index contributed by atoms with van der Waals surface area (Å²) in [5.41, 5.74) is 6.44. The minimum absolute atomic E-state index is 0.150. The number of carbonyl (C=O) groups excluding carboxylic acids is 1. The van der Waals surface area contributed by atoms with Crippen molar-refractivity contribution in [3.63, 3.8) is 0 Å². The highest BCUT2D eigenvalue weighted by Crippen LogP contribution is 2.42. The summed E-state index contributed by atoms with van der Waals surface area (Å²) in [4.78, 5) is 12.1. The van der Waals surface area contributed by atoms with Crippen LogP contribution < -0.4 is 11.1 Å². The largest absolute Gasteiger partial charge is 0.341 e. The van der Waals surface area contributed by atoms with Gasteiger partial charge in [-0.15, -0.1) is 0 Å². The minimum atomic E-state index is -4.68. The molecule has 0 aliphatic heterocycles. The van der Waals surface area contributed by atoms with Crippen molar-refractivity contribution >= 4 is 21.4 Å². The van der Waals surface area contributed by atoms with E-state index in [1.165, 1.54) is 12.1 Å². The quantitative estimate of drug-likeness (QED) is 0.850. The van der Waals surface area contributed by atoms with Crippen molar-refractivity contribution in [2.24, 2.45) is 23.5 Å². The molecule has 25 heavy (non-hydrogen) atoms. The Morgan fingerprint density at radius 3 is 2.44 bits per heavy atom. The summed E-state index contributed by atoms with van der Waals surface area (Å²) in [5.74, 6) is -3.18. The van der Waals surface area contributed by atoms with Crippen molar-refractivity contribution in [3.8, 4) is 0 Å². The lowest BCUT2D eigenvalue weighted by atomic mass is 9.65. The number of rotatable bonds is 4. The van der Waals surface area contributed by atoms with Crippen molar-refractivity contribution in [1.82, 2.24) is 0 Å². The summed E-state index contributed by atoms with van der Waals surface area (Å²) in [5, 5.41) is 2.68. The normalized spacial score (nSPS) is 29.4. The maximum atomic E-state index is 12.7. The first-order valence-electron chi connectivity index (χ1n) is 8.47. The van der Waals surface area contributed by atoms with E-state index in [9.17, 15) is 22.0 Å². The zero-order valence-corrected chi connectivity index (χ0v) is 14.5. The minimum Gasteiger partial charge on any atom is -0.327 e. The van der Waals surface area contributed by atoms with Gasteiger partial charge < -0.3 is 11.1 Å². The van der Waals surface area contributed by atoms with Crippen molar-refractivity contribution in [1.29, 1.82) is 0 Å². The molecule has 0 heterocycles. The van der Waals surface area contributed by atoms with E-state index >= 15 is 0 Å². The summed E-state index contributed by atoms with van der Waals surface area (Å²) in [7, 11) is -4.68. The Morgan fingerprint density at radius 1 is 1.20 bits per heavy atom. The highest BCUT2D eigenvalue weighted by Gasteiger charge is 2.40. The predicted octanol–water partition coefficient (Wildman–Crippen LogP) is 2.78. The van der Waals surface area contributed by atoms with Crippen LogP contribution in [0, 0.1) is 17.8 Å². The second-order valence-corrected chi connectivity index (χ2v) is 8.94. The second kappa shape index (κ2) is 6.99. The van der Waals surface area contributed by atoms with E-state index in [1.807, 2.05) is 0 Å². The van der Waals surface area contributed by atoms with Gasteiger partial charge in [-0.3, -0.25) is 4.79 Å². The molecule has 8 heteroatoms. The monoisotopic (exact) mass is 372 g/mol. The van der Waals surface area contributed by atoms with Gasteiger partial charge in [0.15, 0.2) is 0 Å².